The normalized spacial score (nSPS) is 14.4. The molecule has 3 N–H and O–H groups in total. The minimum Gasteiger partial charge on any atom is -0.397 e. The molecule has 0 saturated heterocycles. The summed E-state index contributed by atoms with van der Waals surface area (Å²) in [6, 6.07) is 4.00. The fourth-order valence-electron chi connectivity index (χ4n) is 1.70. The minimum absolute atomic E-state index is 0.0607. The van der Waals surface area contributed by atoms with E-state index < -0.39 is 0 Å². The monoisotopic (exact) mass is 218 g/mol. The third-order valence-corrected chi connectivity index (χ3v) is 2.65. The van der Waals surface area contributed by atoms with Gasteiger partial charge in [0.2, 0.25) is 0 Å². The molecule has 0 spiro atoms. The van der Waals surface area contributed by atoms with Crippen LogP contribution in [0.3, 0.4) is 0 Å². The van der Waals surface area contributed by atoms with Crippen LogP contribution in [-0.4, -0.2) is 28.4 Å². The lowest BCUT2D eigenvalue weighted by molar-refractivity contribution is 0.0741. The largest absolute Gasteiger partial charge is 0.397 e. The van der Waals surface area contributed by atoms with Crippen molar-refractivity contribution in [1.29, 1.82) is 5.26 Å². The molecule has 2 rings (SSSR count). The fourth-order valence-corrected chi connectivity index (χ4v) is 1.70. The Morgan fingerprint density at radius 2 is 2.44 bits per heavy atom. The van der Waals surface area contributed by atoms with Crippen molar-refractivity contribution >= 4 is 11.6 Å². The first-order valence-corrected chi connectivity index (χ1v) is 5.34. The molecule has 1 saturated carbocycles. The van der Waals surface area contributed by atoms with Gasteiger partial charge in [0.05, 0.1) is 12.5 Å². The van der Waals surface area contributed by atoms with Crippen LogP contribution in [0.15, 0.2) is 12.3 Å². The van der Waals surface area contributed by atoms with Gasteiger partial charge >= 0.3 is 0 Å². The number of carbonyl (C=O) groups is 1. The average molecular weight is 218 g/mol. The SMILES string of the molecule is N#CCCN(C(=O)c1cc(N)c[nH]1)C1CC1. The maximum absolute atomic E-state index is 12.1. The van der Waals surface area contributed by atoms with Gasteiger partial charge in [-0.1, -0.05) is 0 Å². The highest BCUT2D eigenvalue weighted by Gasteiger charge is 2.33. The van der Waals surface area contributed by atoms with Crippen LogP contribution in [0.4, 0.5) is 5.69 Å². The molecular formula is C11H14N4O. The smallest absolute Gasteiger partial charge is 0.270 e. The molecule has 0 aliphatic heterocycles. The lowest BCUT2D eigenvalue weighted by Gasteiger charge is -2.20. The Labute approximate surface area is 93.8 Å². The van der Waals surface area contributed by atoms with E-state index in [2.05, 4.69) is 11.1 Å². The molecule has 5 nitrogen and oxygen atoms in total. The summed E-state index contributed by atoms with van der Waals surface area (Å²) in [5.74, 6) is -0.0607. The maximum atomic E-state index is 12.1. The van der Waals surface area contributed by atoms with Crippen molar-refractivity contribution in [2.75, 3.05) is 12.3 Å². The molecule has 0 aromatic carbocycles. The van der Waals surface area contributed by atoms with Gasteiger partial charge in [0, 0.05) is 24.5 Å². The predicted molar refractivity (Wildman–Crippen MR) is 59.5 cm³/mol. The molecule has 5 heteroatoms. The molecule has 0 bridgehead atoms. The van der Waals surface area contributed by atoms with Gasteiger partial charge in [0.1, 0.15) is 5.69 Å². The third kappa shape index (κ3) is 2.16. The number of hydrogen-bond donors (Lipinski definition) is 2. The summed E-state index contributed by atoms with van der Waals surface area (Å²) in [4.78, 5) is 16.7. The Hall–Kier alpha value is -1.96. The number of nitrogens with zero attached hydrogens (tertiary/aromatic N) is 2. The van der Waals surface area contributed by atoms with Crippen molar-refractivity contribution < 1.29 is 4.79 Å². The highest BCUT2D eigenvalue weighted by Crippen LogP contribution is 2.28. The van der Waals surface area contributed by atoms with E-state index in [0.717, 1.165) is 12.8 Å². The number of nitrogens with two attached hydrogens (primary N) is 1. The number of nitriles is 1. The van der Waals surface area contributed by atoms with Crippen LogP contribution in [0.5, 0.6) is 0 Å². The van der Waals surface area contributed by atoms with Gasteiger partial charge < -0.3 is 15.6 Å². The lowest BCUT2D eigenvalue weighted by atomic mass is 10.3. The molecule has 1 aliphatic carbocycles. The van der Waals surface area contributed by atoms with Gasteiger partial charge in [-0.15, -0.1) is 0 Å². The Balaban J connectivity index is 2.08. The Bertz CT molecular complexity index is 427. The molecule has 0 atom stereocenters. The topological polar surface area (TPSA) is 85.9 Å². The molecule has 0 radical (unpaired) electrons. The Kier molecular flexibility index (Phi) is 2.82. The van der Waals surface area contributed by atoms with Gasteiger partial charge in [-0.2, -0.15) is 5.26 Å². The third-order valence-electron chi connectivity index (χ3n) is 2.65. The van der Waals surface area contributed by atoms with Crippen LogP contribution in [0, 0.1) is 11.3 Å². The number of nitrogen functional groups attached to an aromatic ring is 1. The summed E-state index contributed by atoms with van der Waals surface area (Å²) in [5, 5.41) is 8.56. The predicted octanol–water partition coefficient (Wildman–Crippen LogP) is 1.12. The van der Waals surface area contributed by atoms with Crippen molar-refractivity contribution in [3.8, 4) is 6.07 Å². The maximum Gasteiger partial charge on any atom is 0.270 e. The van der Waals surface area contributed by atoms with E-state index in [4.69, 9.17) is 11.0 Å². The highest BCUT2D eigenvalue weighted by molar-refractivity contribution is 5.93. The van der Waals surface area contributed by atoms with Crippen molar-refractivity contribution in [3.05, 3.63) is 18.0 Å². The number of H-pyrrole nitrogens is 1. The quantitative estimate of drug-likeness (QED) is 0.793. The number of rotatable bonds is 4. The number of carbonyl (C=O) groups excluding carboxylic acids is 1. The van der Waals surface area contributed by atoms with Gasteiger partial charge in [0.25, 0.3) is 5.91 Å². The van der Waals surface area contributed by atoms with E-state index in [0.29, 0.717) is 30.4 Å². The zero-order valence-corrected chi connectivity index (χ0v) is 8.94. The van der Waals surface area contributed by atoms with Crippen LogP contribution in [0.1, 0.15) is 29.8 Å². The molecule has 1 aromatic rings. The summed E-state index contributed by atoms with van der Waals surface area (Å²) < 4.78 is 0. The molecule has 1 fully saturated rings. The van der Waals surface area contributed by atoms with Crippen LogP contribution in [-0.2, 0) is 0 Å². The van der Waals surface area contributed by atoms with Crippen LogP contribution < -0.4 is 5.73 Å². The Morgan fingerprint density at radius 1 is 1.69 bits per heavy atom. The second-order valence-electron chi connectivity index (χ2n) is 3.98. The molecule has 1 heterocycles. The molecule has 84 valence electrons. The molecule has 1 amide bonds. The van der Waals surface area contributed by atoms with Crippen LogP contribution >= 0.6 is 0 Å². The summed E-state index contributed by atoms with van der Waals surface area (Å²) in [6.45, 7) is 0.499. The first-order valence-electron chi connectivity index (χ1n) is 5.34. The van der Waals surface area contributed by atoms with E-state index in [-0.39, 0.29) is 5.91 Å². The number of hydrogen-bond acceptors (Lipinski definition) is 3. The van der Waals surface area contributed by atoms with Crippen molar-refractivity contribution in [1.82, 2.24) is 9.88 Å². The Morgan fingerprint density at radius 3 is 2.94 bits per heavy atom. The first-order chi connectivity index (χ1) is 7.72. The summed E-state index contributed by atoms with van der Waals surface area (Å²) >= 11 is 0. The van der Waals surface area contributed by atoms with E-state index >= 15 is 0 Å². The molecule has 1 aromatic heterocycles. The van der Waals surface area contributed by atoms with Gasteiger partial charge in [-0.25, -0.2) is 0 Å². The molecule has 16 heavy (non-hydrogen) atoms. The second-order valence-corrected chi connectivity index (χ2v) is 3.98. The van der Waals surface area contributed by atoms with Gasteiger partial charge in [-0.3, -0.25) is 4.79 Å². The molecular weight excluding hydrogens is 204 g/mol. The van der Waals surface area contributed by atoms with Crippen molar-refractivity contribution in [2.24, 2.45) is 0 Å². The van der Waals surface area contributed by atoms with E-state index in [1.54, 1.807) is 17.2 Å². The van der Waals surface area contributed by atoms with Gasteiger partial charge in [-0.05, 0) is 18.9 Å². The summed E-state index contributed by atoms with van der Waals surface area (Å²) in [7, 11) is 0. The second kappa shape index (κ2) is 4.27. The zero-order valence-electron chi connectivity index (χ0n) is 8.94. The number of anilines is 1. The minimum atomic E-state index is -0.0607. The number of nitrogens with one attached hydrogen (secondary N) is 1. The summed E-state index contributed by atoms with van der Waals surface area (Å²) in [6.07, 6.45) is 4.04. The van der Waals surface area contributed by atoms with E-state index in [9.17, 15) is 4.79 Å². The highest BCUT2D eigenvalue weighted by atomic mass is 16.2. The number of aromatic amines is 1. The van der Waals surface area contributed by atoms with Crippen LogP contribution in [0.25, 0.3) is 0 Å². The number of aromatic nitrogens is 1. The van der Waals surface area contributed by atoms with Gasteiger partial charge in [0.15, 0.2) is 0 Å². The zero-order chi connectivity index (χ0) is 11.5. The molecule has 1 aliphatic rings. The standard InChI is InChI=1S/C11H14N4O/c12-4-1-5-15(9-2-3-9)11(16)10-6-8(13)7-14-10/h6-7,9,14H,1-3,5,13H2. The first kappa shape index (κ1) is 10.6. The summed E-state index contributed by atoms with van der Waals surface area (Å²) in [5.41, 5.74) is 6.61. The van der Waals surface area contributed by atoms with Crippen molar-refractivity contribution in [2.45, 2.75) is 25.3 Å². The lowest BCUT2D eigenvalue weighted by Crippen LogP contribution is -2.34. The fraction of sp³-hybridized carbons (Fsp3) is 0.455. The van der Waals surface area contributed by atoms with E-state index in [1.807, 2.05) is 0 Å². The average Bonchev–Trinajstić information content (AvgIpc) is 3.01. The number of amides is 1. The van der Waals surface area contributed by atoms with E-state index in [1.165, 1.54) is 0 Å². The molecule has 0 unspecified atom stereocenters. The van der Waals surface area contributed by atoms with Crippen molar-refractivity contribution in [3.63, 3.8) is 0 Å². The van der Waals surface area contributed by atoms with Crippen LogP contribution in [0.2, 0.25) is 0 Å².